The van der Waals surface area contributed by atoms with E-state index in [4.69, 9.17) is 9.47 Å². The summed E-state index contributed by atoms with van der Waals surface area (Å²) < 4.78 is 12.4. The maximum absolute atomic E-state index is 12.4. The topological polar surface area (TPSA) is 117 Å². The Bertz CT molecular complexity index is 1520. The summed E-state index contributed by atoms with van der Waals surface area (Å²) in [4.78, 5) is 30.2. The van der Waals surface area contributed by atoms with Gasteiger partial charge in [0, 0.05) is 36.5 Å². The number of rotatable bonds is 4. The number of ether oxygens (including phenoxy) is 2. The predicted octanol–water partition coefficient (Wildman–Crippen LogP) is 5.15. The van der Waals surface area contributed by atoms with Crippen LogP contribution in [0.4, 0.5) is 10.7 Å². The van der Waals surface area contributed by atoms with Crippen molar-refractivity contribution in [2.75, 3.05) is 18.5 Å². The lowest BCUT2D eigenvalue weighted by Crippen LogP contribution is -2.27. The molecule has 5 rings (SSSR count). The Labute approximate surface area is 241 Å². The lowest BCUT2D eigenvalue weighted by atomic mass is 10.1. The second kappa shape index (κ2) is 13.7. The van der Waals surface area contributed by atoms with Crippen LogP contribution < -0.4 is 5.32 Å². The Kier molecular flexibility index (Phi) is 10.0. The highest BCUT2D eigenvalue weighted by Gasteiger charge is 2.20. The number of hydrogen-bond donors (Lipinski definition) is 2. The van der Waals surface area contributed by atoms with E-state index in [1.165, 1.54) is 11.1 Å². The Morgan fingerprint density at radius 3 is 2.75 bits per heavy atom. The molecule has 1 N–H and O–H groups in total. The monoisotopic (exact) mass is 577 g/mol. The van der Waals surface area contributed by atoms with E-state index in [0.717, 1.165) is 30.4 Å². The molecule has 1 aliphatic heterocycles. The van der Waals surface area contributed by atoms with Crippen LogP contribution in [0.25, 0.3) is 22.4 Å². The molecule has 1 aromatic carbocycles. The third kappa shape index (κ3) is 7.98. The van der Waals surface area contributed by atoms with Crippen LogP contribution in [0, 0.1) is 11.8 Å². The largest absolute Gasteiger partial charge is 0.442 e. The molecule has 208 valence electrons. The van der Waals surface area contributed by atoms with E-state index in [2.05, 4.69) is 62.9 Å². The molecule has 0 spiro atoms. The van der Waals surface area contributed by atoms with Gasteiger partial charge in [-0.2, -0.15) is 22.0 Å². The molecule has 12 heteroatoms. The fourth-order valence-electron chi connectivity index (χ4n) is 3.99. The molecule has 0 aliphatic carbocycles. The van der Waals surface area contributed by atoms with E-state index in [1.807, 2.05) is 32.9 Å². The van der Waals surface area contributed by atoms with Crippen molar-refractivity contribution in [2.45, 2.75) is 51.7 Å². The van der Waals surface area contributed by atoms with Gasteiger partial charge >= 0.3 is 6.09 Å². The zero-order valence-electron chi connectivity index (χ0n) is 22.7. The van der Waals surface area contributed by atoms with Crippen molar-refractivity contribution in [3.05, 3.63) is 60.2 Å². The van der Waals surface area contributed by atoms with Gasteiger partial charge in [-0.15, -0.1) is 0 Å². The summed E-state index contributed by atoms with van der Waals surface area (Å²) in [6.07, 6.45) is 7.95. The average molecular weight is 578 g/mol. The fraction of sp³-hybridized carbons (Fsp3) is 0.357. The Morgan fingerprint density at radius 2 is 1.98 bits per heavy atom. The first kappa shape index (κ1) is 29.4. The molecule has 0 saturated carbocycles. The highest BCUT2D eigenvalue weighted by Crippen LogP contribution is 2.18. The van der Waals surface area contributed by atoms with Gasteiger partial charge in [0.2, 0.25) is 5.95 Å². The van der Waals surface area contributed by atoms with Crippen molar-refractivity contribution in [3.63, 3.8) is 0 Å². The highest BCUT2D eigenvalue weighted by atomic mass is 32.7. The number of nitrogens with one attached hydrogen (secondary N) is 1. The summed E-state index contributed by atoms with van der Waals surface area (Å²) in [7, 11) is 2.11. The van der Waals surface area contributed by atoms with E-state index in [9.17, 15) is 4.79 Å². The Balaban J connectivity index is 0.00000181. The van der Waals surface area contributed by atoms with Crippen LogP contribution in [0.3, 0.4) is 0 Å². The van der Waals surface area contributed by atoms with Crippen molar-refractivity contribution >= 4 is 43.6 Å². The van der Waals surface area contributed by atoms with E-state index in [0.29, 0.717) is 35.2 Å². The van der Waals surface area contributed by atoms with Gasteiger partial charge in [0.1, 0.15) is 17.0 Å². The van der Waals surface area contributed by atoms with Crippen LogP contribution in [0.5, 0.6) is 0 Å². The van der Waals surface area contributed by atoms with Crippen LogP contribution >= 0.6 is 20.7 Å². The predicted molar refractivity (Wildman–Crippen MR) is 161 cm³/mol. The second-order valence-electron chi connectivity index (χ2n) is 9.96. The van der Waals surface area contributed by atoms with E-state index in [1.54, 1.807) is 36.8 Å². The van der Waals surface area contributed by atoms with Gasteiger partial charge in [0.25, 0.3) is 0 Å². The number of benzene rings is 1. The molecule has 2 unspecified atom stereocenters. The van der Waals surface area contributed by atoms with Gasteiger partial charge in [-0.25, -0.2) is 24.7 Å². The number of thiol groups is 1. The van der Waals surface area contributed by atoms with E-state index >= 15 is 0 Å². The normalized spacial score (nSPS) is 14.9. The SMILES string of the molecule is CC(C)(C)OC(=O)n1ncc2cc(C#Cc3ccnc(-c4ccnc(NCC5CCCCO5)n4)n3)ccc21.PS. The Hall–Kier alpha value is -3.58. The van der Waals surface area contributed by atoms with Gasteiger partial charge < -0.3 is 14.8 Å². The van der Waals surface area contributed by atoms with Gasteiger partial charge in [0.15, 0.2) is 5.82 Å². The quantitative estimate of drug-likeness (QED) is 0.193. The minimum atomic E-state index is -0.606. The lowest BCUT2D eigenvalue weighted by molar-refractivity contribution is 0.0246. The second-order valence-corrected chi connectivity index (χ2v) is 9.96. The molecule has 0 bridgehead atoms. The third-order valence-electron chi connectivity index (χ3n) is 5.77. The van der Waals surface area contributed by atoms with Crippen LogP contribution in [-0.4, -0.2) is 60.7 Å². The van der Waals surface area contributed by atoms with Crippen LogP contribution in [0.15, 0.2) is 48.9 Å². The summed E-state index contributed by atoms with van der Waals surface area (Å²) in [5, 5.41) is 8.22. The summed E-state index contributed by atoms with van der Waals surface area (Å²) in [6.45, 7) is 6.92. The first-order valence-corrected chi connectivity index (χ1v) is 14.9. The van der Waals surface area contributed by atoms with Gasteiger partial charge in [-0.1, -0.05) is 14.4 Å². The first-order valence-electron chi connectivity index (χ1n) is 12.8. The molecule has 1 fully saturated rings. The molecule has 4 heterocycles. The average Bonchev–Trinajstić information content (AvgIpc) is 3.40. The molecule has 0 radical (unpaired) electrons. The molecule has 2 atom stereocenters. The number of carbonyl (C=O) groups is 1. The molecule has 40 heavy (non-hydrogen) atoms. The number of nitrogens with zero attached hydrogens (tertiary/aromatic N) is 6. The van der Waals surface area contributed by atoms with Crippen LogP contribution in [-0.2, 0) is 9.47 Å². The first-order chi connectivity index (χ1) is 19.3. The number of hydrogen-bond acceptors (Lipinski definition) is 10. The number of aromatic nitrogens is 6. The molecule has 1 saturated heterocycles. The highest BCUT2D eigenvalue weighted by molar-refractivity contribution is 8.31. The zero-order valence-corrected chi connectivity index (χ0v) is 24.7. The fourth-order valence-corrected chi connectivity index (χ4v) is 3.99. The summed E-state index contributed by atoms with van der Waals surface area (Å²) in [5.74, 6) is 7.18. The molecule has 3 aromatic heterocycles. The molecular formula is C28H32N7O3PS. The van der Waals surface area contributed by atoms with Crippen molar-refractivity contribution < 1.29 is 14.3 Å². The molecule has 0 amide bonds. The molecule has 1 aliphatic rings. The smallest absolute Gasteiger partial charge is 0.435 e. The maximum Gasteiger partial charge on any atom is 0.435 e. The van der Waals surface area contributed by atoms with E-state index in [-0.39, 0.29) is 6.10 Å². The molecule has 10 nitrogen and oxygen atoms in total. The van der Waals surface area contributed by atoms with E-state index < -0.39 is 11.7 Å². The number of fused-ring (bicyclic) bond motifs is 1. The number of carbonyl (C=O) groups excluding carboxylic acids is 1. The summed E-state index contributed by atoms with van der Waals surface area (Å²) >= 11 is 3.44. The zero-order chi connectivity index (χ0) is 28.5. The van der Waals surface area contributed by atoms with Crippen molar-refractivity contribution in [1.29, 1.82) is 0 Å². The maximum atomic E-state index is 12.4. The number of anilines is 1. The van der Waals surface area contributed by atoms with Gasteiger partial charge in [0.05, 0.1) is 17.8 Å². The van der Waals surface area contributed by atoms with Crippen molar-refractivity contribution in [1.82, 2.24) is 29.7 Å². The van der Waals surface area contributed by atoms with Crippen LogP contribution in [0.2, 0.25) is 0 Å². The summed E-state index contributed by atoms with van der Waals surface area (Å²) in [5.41, 5.74) is 1.97. The molecule has 4 aromatic rings. The third-order valence-corrected chi connectivity index (χ3v) is 5.77. The standard InChI is InChI=1S/C28H29N7O3.H3PS/c1-28(2,3)38-27(36)35-24-10-8-19(16-20(24)17-32-35)7-9-21-11-13-29-25(33-21)23-12-14-30-26(34-23)31-18-22-6-4-5-15-37-22;1-2/h8,10-14,16-17,22H,4-6,15,18H2,1-3H3,(H,30,31,34);2H,1H2. The Morgan fingerprint density at radius 1 is 1.15 bits per heavy atom. The minimum Gasteiger partial charge on any atom is -0.442 e. The van der Waals surface area contributed by atoms with Crippen LogP contribution in [0.1, 0.15) is 51.3 Å². The minimum absolute atomic E-state index is 0.178. The van der Waals surface area contributed by atoms with Crippen molar-refractivity contribution in [3.8, 4) is 23.4 Å². The van der Waals surface area contributed by atoms with Gasteiger partial charge in [-0.05, 0) is 76.3 Å². The lowest BCUT2D eigenvalue weighted by Gasteiger charge is -2.22. The summed E-state index contributed by atoms with van der Waals surface area (Å²) in [6, 6.07) is 9.02. The molecular weight excluding hydrogens is 545 g/mol. The van der Waals surface area contributed by atoms with Gasteiger partial charge in [-0.3, -0.25) is 0 Å². The van der Waals surface area contributed by atoms with Crippen molar-refractivity contribution in [2.24, 2.45) is 0 Å².